The molecular weight excluding hydrogens is 270 g/mol. The summed E-state index contributed by atoms with van der Waals surface area (Å²) in [6, 6.07) is 4.54. The molecule has 0 amide bonds. The fourth-order valence-electron chi connectivity index (χ4n) is 2.42. The minimum absolute atomic E-state index is 0.596. The Morgan fingerprint density at radius 2 is 2.30 bits per heavy atom. The summed E-state index contributed by atoms with van der Waals surface area (Å²) in [5.74, 6) is 3.04. The number of furan rings is 1. The van der Waals surface area contributed by atoms with Crippen LogP contribution in [0.5, 0.6) is 0 Å². The molecule has 20 heavy (non-hydrogen) atoms. The summed E-state index contributed by atoms with van der Waals surface area (Å²) in [5, 5.41) is 6.97. The van der Waals surface area contributed by atoms with Crippen molar-refractivity contribution < 1.29 is 4.42 Å². The monoisotopic (exact) mass is 295 g/mol. The zero-order chi connectivity index (χ0) is 14.0. The summed E-state index contributed by atoms with van der Waals surface area (Å²) in [6.07, 6.45) is 9.93. The minimum atomic E-state index is 0.596. The molecule has 0 unspecified atom stereocenters. The van der Waals surface area contributed by atoms with Crippen LogP contribution in [0.3, 0.4) is 0 Å². The Morgan fingerprint density at radius 3 is 3.00 bits per heavy atom. The summed E-state index contributed by atoms with van der Waals surface area (Å²) in [4.78, 5) is 4.64. The average Bonchev–Trinajstić information content (AvgIpc) is 3.12. The van der Waals surface area contributed by atoms with Crippen molar-refractivity contribution in [3.8, 4) is 0 Å². The van der Waals surface area contributed by atoms with Crippen LogP contribution in [-0.2, 0) is 6.42 Å². The molecule has 1 aliphatic rings. The number of nitrogens with one attached hydrogen (secondary N) is 2. The van der Waals surface area contributed by atoms with E-state index in [-0.39, 0.29) is 0 Å². The normalized spacial score (nSPS) is 16.6. The zero-order valence-corrected chi connectivity index (χ0v) is 13.0. The van der Waals surface area contributed by atoms with Crippen LogP contribution in [0.1, 0.15) is 31.4 Å². The van der Waals surface area contributed by atoms with Crippen LogP contribution >= 0.6 is 11.8 Å². The molecule has 1 aromatic rings. The lowest BCUT2D eigenvalue weighted by Crippen LogP contribution is -2.43. The van der Waals surface area contributed by atoms with Gasteiger partial charge in [0.15, 0.2) is 5.96 Å². The number of hydrogen-bond acceptors (Lipinski definition) is 3. The van der Waals surface area contributed by atoms with Gasteiger partial charge in [-0.05, 0) is 31.2 Å². The Kier molecular flexibility index (Phi) is 6.84. The molecule has 1 aliphatic carbocycles. The summed E-state index contributed by atoms with van der Waals surface area (Å²) in [7, 11) is 0. The number of nitrogens with zero attached hydrogens (tertiary/aromatic N) is 1. The molecule has 0 aliphatic heterocycles. The highest BCUT2D eigenvalue weighted by Crippen LogP contribution is 2.17. The van der Waals surface area contributed by atoms with Gasteiger partial charge in [-0.25, -0.2) is 0 Å². The quantitative estimate of drug-likeness (QED) is 0.461. The Hall–Kier alpha value is -1.10. The van der Waals surface area contributed by atoms with Gasteiger partial charge in [0.25, 0.3) is 0 Å². The smallest absolute Gasteiger partial charge is 0.191 e. The standard InChI is InChI=1S/C15H25N3OS/c1-20-12-10-17-15(18-13-5-2-3-6-13)16-9-8-14-7-4-11-19-14/h4,7,11,13H,2-3,5-6,8-10,12H2,1H3,(H2,16,17,18). The third-order valence-electron chi connectivity index (χ3n) is 3.51. The molecule has 4 nitrogen and oxygen atoms in total. The van der Waals surface area contributed by atoms with Crippen LogP contribution in [0, 0.1) is 0 Å². The fourth-order valence-corrected chi connectivity index (χ4v) is 2.70. The van der Waals surface area contributed by atoms with E-state index < -0.39 is 0 Å². The first-order chi connectivity index (χ1) is 9.88. The van der Waals surface area contributed by atoms with Crippen molar-refractivity contribution in [3.05, 3.63) is 24.2 Å². The lowest BCUT2D eigenvalue weighted by Gasteiger charge is -2.17. The van der Waals surface area contributed by atoms with Crippen LogP contribution in [0.15, 0.2) is 27.8 Å². The molecule has 1 heterocycles. The van der Waals surface area contributed by atoms with E-state index >= 15 is 0 Å². The number of aliphatic imine (C=N–C) groups is 1. The Labute approximate surface area is 125 Å². The summed E-state index contributed by atoms with van der Waals surface area (Å²) in [6.45, 7) is 1.72. The average molecular weight is 295 g/mol. The van der Waals surface area contributed by atoms with Crippen molar-refractivity contribution in [2.75, 3.05) is 25.1 Å². The molecule has 0 bridgehead atoms. The molecule has 0 atom stereocenters. The van der Waals surface area contributed by atoms with Crippen molar-refractivity contribution in [3.63, 3.8) is 0 Å². The molecular formula is C15H25N3OS. The Morgan fingerprint density at radius 1 is 1.45 bits per heavy atom. The van der Waals surface area contributed by atoms with Crippen molar-refractivity contribution in [2.24, 2.45) is 4.99 Å². The zero-order valence-electron chi connectivity index (χ0n) is 12.2. The maximum Gasteiger partial charge on any atom is 0.191 e. The number of hydrogen-bond donors (Lipinski definition) is 2. The van der Waals surface area contributed by atoms with E-state index in [1.807, 2.05) is 23.9 Å². The topological polar surface area (TPSA) is 49.6 Å². The van der Waals surface area contributed by atoms with Gasteiger partial charge in [-0.3, -0.25) is 4.99 Å². The van der Waals surface area contributed by atoms with Gasteiger partial charge in [-0.15, -0.1) is 0 Å². The molecule has 2 N–H and O–H groups in total. The first kappa shape index (κ1) is 15.3. The lowest BCUT2D eigenvalue weighted by atomic mass is 10.2. The molecule has 2 rings (SSSR count). The predicted octanol–water partition coefficient (Wildman–Crippen LogP) is 2.66. The van der Waals surface area contributed by atoms with Crippen LogP contribution in [0.25, 0.3) is 0 Å². The van der Waals surface area contributed by atoms with Crippen molar-refractivity contribution in [1.29, 1.82) is 0 Å². The molecule has 0 radical (unpaired) electrons. The highest BCUT2D eigenvalue weighted by Gasteiger charge is 2.15. The van der Waals surface area contributed by atoms with E-state index in [1.165, 1.54) is 25.7 Å². The lowest BCUT2D eigenvalue weighted by molar-refractivity contribution is 0.506. The highest BCUT2D eigenvalue weighted by molar-refractivity contribution is 7.98. The fraction of sp³-hybridized carbons (Fsp3) is 0.667. The number of thioether (sulfide) groups is 1. The minimum Gasteiger partial charge on any atom is -0.469 e. The van der Waals surface area contributed by atoms with Gasteiger partial charge in [0.2, 0.25) is 0 Å². The van der Waals surface area contributed by atoms with E-state index in [4.69, 9.17) is 4.42 Å². The molecule has 0 aromatic carbocycles. The van der Waals surface area contributed by atoms with Crippen molar-refractivity contribution in [1.82, 2.24) is 10.6 Å². The maximum atomic E-state index is 5.34. The third kappa shape index (κ3) is 5.49. The van der Waals surface area contributed by atoms with Crippen molar-refractivity contribution >= 4 is 17.7 Å². The van der Waals surface area contributed by atoms with Gasteiger partial charge in [0, 0.05) is 24.8 Å². The Bertz CT molecular complexity index is 386. The molecule has 1 fully saturated rings. The predicted molar refractivity (Wildman–Crippen MR) is 86.5 cm³/mol. The van der Waals surface area contributed by atoms with Gasteiger partial charge < -0.3 is 15.1 Å². The van der Waals surface area contributed by atoms with E-state index in [2.05, 4.69) is 21.9 Å². The summed E-state index contributed by atoms with van der Waals surface area (Å²) in [5.41, 5.74) is 0. The first-order valence-electron chi connectivity index (χ1n) is 7.44. The van der Waals surface area contributed by atoms with E-state index in [0.29, 0.717) is 6.04 Å². The van der Waals surface area contributed by atoms with E-state index in [1.54, 1.807) is 6.26 Å². The van der Waals surface area contributed by atoms with Gasteiger partial charge in [0.1, 0.15) is 5.76 Å². The maximum absolute atomic E-state index is 5.34. The second-order valence-electron chi connectivity index (χ2n) is 5.10. The van der Waals surface area contributed by atoms with Crippen LogP contribution in [0.4, 0.5) is 0 Å². The molecule has 0 saturated heterocycles. The highest BCUT2D eigenvalue weighted by atomic mass is 32.2. The summed E-state index contributed by atoms with van der Waals surface area (Å²) >= 11 is 1.83. The van der Waals surface area contributed by atoms with Gasteiger partial charge >= 0.3 is 0 Å². The molecule has 112 valence electrons. The number of rotatable bonds is 7. The van der Waals surface area contributed by atoms with Gasteiger partial charge in [0.05, 0.1) is 12.8 Å². The summed E-state index contributed by atoms with van der Waals surface area (Å²) < 4.78 is 5.34. The SMILES string of the molecule is CSCCN=C(NCCc1ccco1)NC1CCCC1. The molecule has 5 heteroatoms. The molecule has 1 aromatic heterocycles. The second-order valence-corrected chi connectivity index (χ2v) is 6.09. The largest absolute Gasteiger partial charge is 0.469 e. The second kappa shape index (κ2) is 8.95. The Balaban J connectivity index is 1.76. The van der Waals surface area contributed by atoms with Crippen LogP contribution < -0.4 is 10.6 Å². The molecule has 0 spiro atoms. The van der Waals surface area contributed by atoms with E-state index in [9.17, 15) is 0 Å². The number of guanidine groups is 1. The third-order valence-corrected chi connectivity index (χ3v) is 4.10. The van der Waals surface area contributed by atoms with Gasteiger partial charge in [-0.1, -0.05) is 12.8 Å². The van der Waals surface area contributed by atoms with E-state index in [0.717, 1.165) is 37.0 Å². The van der Waals surface area contributed by atoms with Crippen molar-refractivity contribution in [2.45, 2.75) is 38.1 Å². The molecule has 1 saturated carbocycles. The van der Waals surface area contributed by atoms with Gasteiger partial charge in [-0.2, -0.15) is 11.8 Å². The van der Waals surface area contributed by atoms with Crippen LogP contribution in [-0.4, -0.2) is 37.1 Å². The first-order valence-corrected chi connectivity index (χ1v) is 8.84. The van der Waals surface area contributed by atoms with Crippen LogP contribution in [0.2, 0.25) is 0 Å².